The van der Waals surface area contributed by atoms with E-state index in [1.807, 2.05) is 18.2 Å². The van der Waals surface area contributed by atoms with E-state index in [-0.39, 0.29) is 28.1 Å². The van der Waals surface area contributed by atoms with Gasteiger partial charge < -0.3 is 9.67 Å². The van der Waals surface area contributed by atoms with Crippen molar-refractivity contribution >= 4 is 28.2 Å². The smallest absolute Gasteiger partial charge is 0.341 e. The van der Waals surface area contributed by atoms with Gasteiger partial charge in [-0.05, 0) is 49.4 Å². The van der Waals surface area contributed by atoms with Crippen LogP contribution in [0.1, 0.15) is 32.2 Å². The average molecular weight is 438 g/mol. The van der Waals surface area contributed by atoms with Gasteiger partial charge in [0.2, 0.25) is 11.2 Å². The lowest BCUT2D eigenvalue weighted by atomic mass is 10.0. The predicted molar refractivity (Wildman–Crippen MR) is 123 cm³/mol. The molecular formula is C25H18N4O4. The number of hydrogen-bond donors (Lipinski definition) is 1. The number of pyridine rings is 3. The van der Waals surface area contributed by atoms with Gasteiger partial charge in [-0.3, -0.25) is 19.0 Å². The number of aromatic nitrogens is 4. The molecule has 0 atom stereocenters. The number of carboxylic acids is 1. The zero-order chi connectivity index (χ0) is 23.3. The van der Waals surface area contributed by atoms with E-state index < -0.39 is 11.4 Å². The van der Waals surface area contributed by atoms with Crippen molar-refractivity contribution in [3.8, 4) is 11.3 Å². The van der Waals surface area contributed by atoms with E-state index in [9.17, 15) is 19.5 Å². The standard InChI is InChI=1S/C25H18N4O4/c1-14-20(25(32)33)23(31)17-12-15(8-9-18(17)28(14)2)22(30)24-27-21(16-6-5-10-26-13-16)19-7-3-4-11-29(19)24/h3-13H,1-2H3,(H,32,33). The molecule has 0 fully saturated rings. The fraction of sp³-hybridized carbons (Fsp3) is 0.0800. The van der Waals surface area contributed by atoms with E-state index in [0.717, 1.165) is 11.1 Å². The summed E-state index contributed by atoms with van der Waals surface area (Å²) < 4.78 is 3.34. The molecule has 1 N–H and O–H groups in total. The first kappa shape index (κ1) is 20.3. The second-order valence-corrected chi connectivity index (χ2v) is 7.70. The van der Waals surface area contributed by atoms with Gasteiger partial charge in [-0.2, -0.15) is 0 Å². The van der Waals surface area contributed by atoms with Gasteiger partial charge in [0.15, 0.2) is 5.82 Å². The van der Waals surface area contributed by atoms with Gasteiger partial charge in [0.25, 0.3) is 0 Å². The number of carbonyl (C=O) groups is 2. The highest BCUT2D eigenvalue weighted by Gasteiger charge is 2.22. The van der Waals surface area contributed by atoms with Crippen LogP contribution in [0.15, 0.2) is 71.9 Å². The summed E-state index contributed by atoms with van der Waals surface area (Å²) in [5.74, 6) is -1.49. The molecule has 0 amide bonds. The van der Waals surface area contributed by atoms with Crippen molar-refractivity contribution in [3.63, 3.8) is 0 Å². The largest absolute Gasteiger partial charge is 0.477 e. The van der Waals surface area contributed by atoms with Crippen LogP contribution in [0.5, 0.6) is 0 Å². The first-order valence-electron chi connectivity index (χ1n) is 10.2. The zero-order valence-corrected chi connectivity index (χ0v) is 17.8. The molecule has 33 heavy (non-hydrogen) atoms. The first-order valence-corrected chi connectivity index (χ1v) is 10.2. The lowest BCUT2D eigenvalue weighted by Gasteiger charge is -2.12. The molecule has 0 aliphatic carbocycles. The molecule has 0 saturated heterocycles. The quantitative estimate of drug-likeness (QED) is 0.431. The topological polar surface area (TPSA) is 107 Å². The summed E-state index contributed by atoms with van der Waals surface area (Å²) in [6.45, 7) is 1.58. The Bertz CT molecular complexity index is 1650. The fourth-order valence-electron chi connectivity index (χ4n) is 4.09. The van der Waals surface area contributed by atoms with Crippen LogP contribution < -0.4 is 5.43 Å². The van der Waals surface area contributed by atoms with Crippen molar-refractivity contribution in [2.45, 2.75) is 6.92 Å². The summed E-state index contributed by atoms with van der Waals surface area (Å²) in [7, 11) is 1.69. The maximum atomic E-state index is 13.5. The number of ketones is 1. The number of aryl methyl sites for hydroxylation is 1. The molecule has 0 bridgehead atoms. The molecule has 0 radical (unpaired) electrons. The Balaban J connectivity index is 1.72. The molecule has 162 valence electrons. The highest BCUT2D eigenvalue weighted by Crippen LogP contribution is 2.26. The Labute approximate surface area is 187 Å². The minimum absolute atomic E-state index is 0.166. The molecule has 1 aromatic carbocycles. The molecular weight excluding hydrogens is 420 g/mol. The summed E-state index contributed by atoms with van der Waals surface area (Å²) in [4.78, 5) is 46.8. The van der Waals surface area contributed by atoms with E-state index in [0.29, 0.717) is 16.9 Å². The molecule has 5 aromatic rings. The van der Waals surface area contributed by atoms with Crippen LogP contribution in [0.25, 0.3) is 27.7 Å². The molecule has 4 heterocycles. The second-order valence-electron chi connectivity index (χ2n) is 7.70. The number of fused-ring (bicyclic) bond motifs is 2. The molecule has 0 aliphatic heterocycles. The van der Waals surface area contributed by atoms with Crippen LogP contribution in [-0.4, -0.2) is 35.8 Å². The highest BCUT2D eigenvalue weighted by atomic mass is 16.4. The van der Waals surface area contributed by atoms with Crippen molar-refractivity contribution in [2.24, 2.45) is 7.05 Å². The van der Waals surface area contributed by atoms with E-state index >= 15 is 0 Å². The molecule has 8 heteroatoms. The maximum absolute atomic E-state index is 13.5. The van der Waals surface area contributed by atoms with Crippen LogP contribution in [-0.2, 0) is 7.05 Å². The van der Waals surface area contributed by atoms with E-state index in [4.69, 9.17) is 0 Å². The summed E-state index contributed by atoms with van der Waals surface area (Å²) in [6, 6.07) is 13.9. The molecule has 8 nitrogen and oxygen atoms in total. The van der Waals surface area contributed by atoms with Gasteiger partial charge in [0.05, 0.1) is 16.7 Å². The number of carbonyl (C=O) groups excluding carboxylic acids is 1. The fourth-order valence-corrected chi connectivity index (χ4v) is 4.09. The number of benzene rings is 1. The normalized spacial score (nSPS) is 11.2. The Morgan fingerprint density at radius 3 is 2.58 bits per heavy atom. The van der Waals surface area contributed by atoms with Crippen LogP contribution in [0, 0.1) is 6.92 Å². The first-order chi connectivity index (χ1) is 15.9. The number of hydrogen-bond acceptors (Lipinski definition) is 5. The van der Waals surface area contributed by atoms with Gasteiger partial charge in [-0.25, -0.2) is 9.78 Å². The van der Waals surface area contributed by atoms with Gasteiger partial charge in [0, 0.05) is 47.8 Å². The number of imidazole rings is 1. The van der Waals surface area contributed by atoms with Crippen LogP contribution in [0.3, 0.4) is 0 Å². The van der Waals surface area contributed by atoms with Crippen molar-refractivity contribution in [2.75, 3.05) is 0 Å². The Morgan fingerprint density at radius 1 is 1.03 bits per heavy atom. The lowest BCUT2D eigenvalue weighted by molar-refractivity contribution is 0.0693. The van der Waals surface area contributed by atoms with E-state index in [1.165, 1.54) is 6.07 Å². The van der Waals surface area contributed by atoms with Crippen molar-refractivity contribution in [1.82, 2.24) is 18.9 Å². The summed E-state index contributed by atoms with van der Waals surface area (Å²) in [6.07, 6.45) is 5.09. The minimum atomic E-state index is -1.30. The zero-order valence-electron chi connectivity index (χ0n) is 17.8. The average Bonchev–Trinajstić information content (AvgIpc) is 3.22. The molecule has 0 spiro atoms. The molecule has 5 rings (SSSR count). The summed E-state index contributed by atoms with van der Waals surface area (Å²) in [5.41, 5.74) is 2.35. The van der Waals surface area contributed by atoms with E-state index in [1.54, 1.807) is 65.8 Å². The van der Waals surface area contributed by atoms with Gasteiger partial charge in [-0.15, -0.1) is 0 Å². The third-order valence-corrected chi connectivity index (χ3v) is 5.86. The number of aromatic carboxylic acids is 1. The van der Waals surface area contributed by atoms with Crippen LogP contribution in [0.4, 0.5) is 0 Å². The summed E-state index contributed by atoms with van der Waals surface area (Å²) >= 11 is 0. The Morgan fingerprint density at radius 2 is 1.85 bits per heavy atom. The van der Waals surface area contributed by atoms with Crippen molar-refractivity contribution in [3.05, 3.63) is 100.0 Å². The Kier molecular flexibility index (Phi) is 4.63. The van der Waals surface area contributed by atoms with E-state index in [2.05, 4.69) is 9.97 Å². The third kappa shape index (κ3) is 3.11. The highest BCUT2D eigenvalue weighted by molar-refractivity contribution is 6.10. The second kappa shape index (κ2) is 7.52. The predicted octanol–water partition coefficient (Wildman–Crippen LogP) is 3.49. The number of nitrogens with zero attached hydrogens (tertiary/aromatic N) is 4. The van der Waals surface area contributed by atoms with Crippen LogP contribution in [0.2, 0.25) is 0 Å². The molecule has 0 unspecified atom stereocenters. The minimum Gasteiger partial charge on any atom is -0.477 e. The van der Waals surface area contributed by atoms with Crippen molar-refractivity contribution < 1.29 is 14.7 Å². The number of rotatable bonds is 4. The summed E-state index contributed by atoms with van der Waals surface area (Å²) in [5, 5.41) is 9.68. The van der Waals surface area contributed by atoms with Gasteiger partial charge >= 0.3 is 5.97 Å². The monoisotopic (exact) mass is 438 g/mol. The Hall–Kier alpha value is -4.59. The maximum Gasteiger partial charge on any atom is 0.341 e. The van der Waals surface area contributed by atoms with Gasteiger partial charge in [-0.1, -0.05) is 6.07 Å². The van der Waals surface area contributed by atoms with Gasteiger partial charge in [0.1, 0.15) is 5.56 Å². The molecule has 0 aliphatic rings. The van der Waals surface area contributed by atoms with Crippen LogP contribution >= 0.6 is 0 Å². The number of carboxylic acid groups (broad SMARTS) is 1. The molecule has 4 aromatic heterocycles. The lowest BCUT2D eigenvalue weighted by Crippen LogP contribution is -2.22. The van der Waals surface area contributed by atoms with Crippen molar-refractivity contribution in [1.29, 1.82) is 0 Å². The molecule has 0 saturated carbocycles. The SMILES string of the molecule is Cc1c(C(=O)O)c(=O)c2cc(C(=O)c3nc(-c4cccnc4)c4ccccn34)ccc2n1C. The third-order valence-electron chi connectivity index (χ3n) is 5.86.